The summed E-state index contributed by atoms with van der Waals surface area (Å²) in [5, 5.41) is 0. The van der Waals surface area contributed by atoms with Gasteiger partial charge in [0.1, 0.15) is 6.04 Å². The molecule has 0 amide bonds. The molecular weight excluding hydrogens is 555 g/mol. The van der Waals surface area contributed by atoms with Gasteiger partial charge in [-0.2, -0.15) is 0 Å². The highest BCUT2D eigenvalue weighted by molar-refractivity contribution is 5.86. The molecule has 2 aliphatic rings. The Bertz CT molecular complexity index is 1270. The molecule has 9 nitrogen and oxygen atoms in total. The fourth-order valence-electron chi connectivity index (χ4n) is 5.11. The van der Waals surface area contributed by atoms with Gasteiger partial charge in [-0.3, -0.25) is 9.69 Å². The van der Waals surface area contributed by atoms with Crippen LogP contribution in [0.25, 0.3) is 5.69 Å². The SMILES string of the molecule is CC(C)Cc1oc(=O)oc1COC(=O)[C@H](Cc1ncn2c1CCc1ccccc1-2)N1CC[C@H](N)C1.Cl.Cl.Cl. The topological polar surface area (TPSA) is 117 Å². The van der Waals surface area contributed by atoms with E-state index in [0.29, 0.717) is 25.1 Å². The molecule has 2 aromatic heterocycles. The standard InChI is InChI=1S/C26H32N4O5.3ClH/c1-16(2)11-23-24(35-26(32)34-23)14-33-25(31)22(29-10-9-18(27)13-29)12-19-21-8-7-17-5-3-4-6-20(17)30(21)15-28-19;;;/h3-6,15-16,18,22H,7-14,27H2,1-2H3;3*1H/t18-,22-;;;/m0.../s1. The van der Waals surface area contributed by atoms with Gasteiger partial charge in [0.05, 0.1) is 12.0 Å². The number of hydrogen-bond donors (Lipinski definition) is 1. The van der Waals surface area contributed by atoms with Crippen molar-refractivity contribution in [3.05, 3.63) is 69.7 Å². The summed E-state index contributed by atoms with van der Waals surface area (Å²) in [4.78, 5) is 31.8. The monoisotopic (exact) mass is 588 g/mol. The fraction of sp³-hybridized carbons (Fsp3) is 0.500. The third-order valence-electron chi connectivity index (χ3n) is 6.85. The second kappa shape index (κ2) is 13.7. The molecule has 0 bridgehead atoms. The van der Waals surface area contributed by atoms with Crippen molar-refractivity contribution in [2.45, 2.75) is 64.6 Å². The number of ether oxygens (including phenoxy) is 1. The van der Waals surface area contributed by atoms with Crippen molar-refractivity contribution in [3.8, 4) is 5.69 Å². The van der Waals surface area contributed by atoms with E-state index in [9.17, 15) is 9.59 Å². The van der Waals surface area contributed by atoms with Crippen LogP contribution in [0.2, 0.25) is 0 Å². The third kappa shape index (κ3) is 6.82. The first kappa shape index (κ1) is 31.9. The largest absolute Gasteiger partial charge is 0.519 e. The maximum atomic E-state index is 13.4. The molecule has 2 atom stereocenters. The lowest BCUT2D eigenvalue weighted by Crippen LogP contribution is -2.43. The molecule has 0 aliphatic carbocycles. The number of nitrogens with zero attached hydrogens (tertiary/aromatic N) is 3. The molecule has 5 rings (SSSR count). The van der Waals surface area contributed by atoms with Crippen LogP contribution in [0.4, 0.5) is 0 Å². The van der Waals surface area contributed by atoms with Crippen LogP contribution in [-0.4, -0.2) is 45.6 Å². The van der Waals surface area contributed by atoms with Gasteiger partial charge in [0.2, 0.25) is 0 Å². The van der Waals surface area contributed by atoms with Gasteiger partial charge in [-0.15, -0.1) is 37.2 Å². The number of benzene rings is 1. The number of carbonyl (C=O) groups excluding carboxylic acids is 1. The van der Waals surface area contributed by atoms with Gasteiger partial charge < -0.3 is 23.9 Å². The molecule has 2 aliphatic heterocycles. The Morgan fingerprint density at radius 3 is 2.58 bits per heavy atom. The molecule has 0 unspecified atom stereocenters. The van der Waals surface area contributed by atoms with E-state index in [0.717, 1.165) is 42.9 Å². The molecular formula is C26H35Cl3N4O5. The highest BCUT2D eigenvalue weighted by Crippen LogP contribution is 2.28. The molecule has 1 aromatic carbocycles. The molecule has 38 heavy (non-hydrogen) atoms. The maximum absolute atomic E-state index is 13.4. The van der Waals surface area contributed by atoms with Gasteiger partial charge in [-0.25, -0.2) is 9.78 Å². The van der Waals surface area contributed by atoms with Crippen LogP contribution in [0.3, 0.4) is 0 Å². The van der Waals surface area contributed by atoms with Crippen molar-refractivity contribution in [2.24, 2.45) is 11.7 Å². The number of nitrogens with two attached hydrogens (primary N) is 1. The van der Waals surface area contributed by atoms with Crippen molar-refractivity contribution in [3.63, 3.8) is 0 Å². The highest BCUT2D eigenvalue weighted by atomic mass is 35.5. The minimum absolute atomic E-state index is 0. The predicted molar refractivity (Wildman–Crippen MR) is 150 cm³/mol. The summed E-state index contributed by atoms with van der Waals surface area (Å²) in [7, 11) is 0. The Kier molecular flexibility index (Phi) is 11.5. The number of esters is 1. The van der Waals surface area contributed by atoms with Crippen molar-refractivity contribution >= 4 is 43.2 Å². The van der Waals surface area contributed by atoms with E-state index < -0.39 is 11.9 Å². The molecule has 12 heteroatoms. The fourth-order valence-corrected chi connectivity index (χ4v) is 5.11. The van der Waals surface area contributed by atoms with Crippen LogP contribution in [0.15, 0.2) is 44.2 Å². The number of likely N-dealkylation sites (tertiary alicyclic amines) is 1. The first-order chi connectivity index (χ1) is 16.9. The predicted octanol–water partition coefficient (Wildman–Crippen LogP) is 3.67. The molecule has 1 fully saturated rings. The first-order valence-corrected chi connectivity index (χ1v) is 12.3. The summed E-state index contributed by atoms with van der Waals surface area (Å²) in [5.41, 5.74) is 10.6. The van der Waals surface area contributed by atoms with Gasteiger partial charge >= 0.3 is 11.8 Å². The number of fused-ring (bicyclic) bond motifs is 3. The number of para-hydroxylation sites is 1. The van der Waals surface area contributed by atoms with E-state index in [-0.39, 0.29) is 67.5 Å². The Hall–Kier alpha value is -2.30. The summed E-state index contributed by atoms with van der Waals surface area (Å²) in [6.45, 7) is 5.23. The molecule has 3 aromatic rings. The lowest BCUT2D eigenvalue weighted by Gasteiger charge is -2.26. The van der Waals surface area contributed by atoms with Gasteiger partial charge in [-0.05, 0) is 36.8 Å². The molecule has 1 saturated heterocycles. The number of aromatic nitrogens is 2. The van der Waals surface area contributed by atoms with E-state index in [2.05, 4.69) is 27.7 Å². The van der Waals surface area contributed by atoms with Crippen molar-refractivity contribution < 1.29 is 18.4 Å². The zero-order valence-electron chi connectivity index (χ0n) is 21.5. The molecule has 2 N–H and O–H groups in total. The van der Waals surface area contributed by atoms with E-state index in [1.54, 1.807) is 0 Å². The maximum Gasteiger partial charge on any atom is 0.519 e. The van der Waals surface area contributed by atoms with Crippen molar-refractivity contribution in [2.75, 3.05) is 13.1 Å². The second-order valence-corrected chi connectivity index (χ2v) is 9.91. The molecule has 4 heterocycles. The van der Waals surface area contributed by atoms with Crippen LogP contribution >= 0.6 is 37.2 Å². The van der Waals surface area contributed by atoms with Gasteiger partial charge in [0, 0.05) is 43.4 Å². The summed E-state index contributed by atoms with van der Waals surface area (Å²) >= 11 is 0. The third-order valence-corrected chi connectivity index (χ3v) is 6.85. The zero-order chi connectivity index (χ0) is 24.5. The quantitative estimate of drug-likeness (QED) is 0.396. The highest BCUT2D eigenvalue weighted by Gasteiger charge is 2.34. The number of halogens is 3. The van der Waals surface area contributed by atoms with Crippen molar-refractivity contribution in [1.29, 1.82) is 0 Å². The summed E-state index contributed by atoms with van der Waals surface area (Å²) in [5.74, 6) is -0.194. The van der Waals surface area contributed by atoms with Crippen LogP contribution in [0.5, 0.6) is 0 Å². The number of imidazole rings is 1. The Labute approximate surface area is 240 Å². The van der Waals surface area contributed by atoms with Gasteiger partial charge in [0.15, 0.2) is 18.1 Å². The summed E-state index contributed by atoms with van der Waals surface area (Å²) < 4.78 is 18.1. The minimum atomic E-state index is -0.779. The van der Waals surface area contributed by atoms with Crippen LogP contribution < -0.4 is 11.6 Å². The summed E-state index contributed by atoms with van der Waals surface area (Å²) in [6.07, 6.45) is 5.45. The van der Waals surface area contributed by atoms with E-state index in [4.69, 9.17) is 24.3 Å². The van der Waals surface area contributed by atoms with Gasteiger partial charge in [-0.1, -0.05) is 32.0 Å². The number of carbonyl (C=O) groups is 1. The summed E-state index contributed by atoms with van der Waals surface area (Å²) in [6, 6.07) is 7.83. The first-order valence-electron chi connectivity index (χ1n) is 12.3. The number of aryl methyl sites for hydroxylation is 1. The van der Waals surface area contributed by atoms with Gasteiger partial charge in [0.25, 0.3) is 0 Å². The van der Waals surface area contributed by atoms with E-state index >= 15 is 0 Å². The molecule has 0 radical (unpaired) electrons. The molecule has 0 saturated carbocycles. The molecule has 0 spiro atoms. The Morgan fingerprint density at radius 2 is 1.87 bits per heavy atom. The van der Waals surface area contributed by atoms with Crippen LogP contribution in [0.1, 0.15) is 48.7 Å². The van der Waals surface area contributed by atoms with Crippen molar-refractivity contribution in [1.82, 2.24) is 14.5 Å². The number of rotatable bonds is 8. The average molecular weight is 590 g/mol. The lowest BCUT2D eigenvalue weighted by atomic mass is 9.98. The van der Waals surface area contributed by atoms with E-state index in [1.165, 1.54) is 5.56 Å². The van der Waals surface area contributed by atoms with E-state index in [1.807, 2.05) is 26.2 Å². The smallest absolute Gasteiger partial charge is 0.456 e. The second-order valence-electron chi connectivity index (χ2n) is 9.91. The zero-order valence-corrected chi connectivity index (χ0v) is 23.9. The Morgan fingerprint density at radius 1 is 1.13 bits per heavy atom. The normalized spacial score (nSPS) is 17.0. The average Bonchev–Trinajstić information content (AvgIpc) is 3.54. The lowest BCUT2D eigenvalue weighted by molar-refractivity contribution is -0.151. The minimum Gasteiger partial charge on any atom is -0.456 e. The number of hydrogen-bond acceptors (Lipinski definition) is 8. The van der Waals surface area contributed by atoms with Crippen LogP contribution in [-0.2, 0) is 41.8 Å². The molecule has 210 valence electrons. The Balaban J connectivity index is 0.00000169. The van der Waals surface area contributed by atoms with Crippen LogP contribution in [0, 0.1) is 5.92 Å².